The van der Waals surface area contributed by atoms with E-state index in [1.807, 2.05) is 30.3 Å². The first-order valence-electron chi connectivity index (χ1n) is 11.9. The third kappa shape index (κ3) is 8.72. The van der Waals surface area contributed by atoms with Crippen LogP contribution in [0.2, 0.25) is 25.7 Å². The van der Waals surface area contributed by atoms with E-state index < -0.39 is 19.8 Å². The van der Waals surface area contributed by atoms with Crippen molar-refractivity contribution in [3.8, 4) is 5.75 Å². The molecule has 0 saturated carbocycles. The van der Waals surface area contributed by atoms with Crippen LogP contribution in [0.1, 0.15) is 30.1 Å². The van der Waals surface area contributed by atoms with Crippen LogP contribution in [0.25, 0.3) is 0 Å². The molecule has 1 aliphatic rings. The van der Waals surface area contributed by atoms with Crippen LogP contribution in [-0.2, 0) is 15.7 Å². The lowest BCUT2D eigenvalue weighted by Crippen LogP contribution is -2.43. The van der Waals surface area contributed by atoms with Crippen LogP contribution in [-0.4, -0.2) is 40.7 Å². The number of rotatable bonds is 11. The molecule has 1 fully saturated rings. The fourth-order valence-electron chi connectivity index (χ4n) is 4.00. The molecule has 188 valence electrons. The number of benzene rings is 2. The Bertz CT molecular complexity index is 856. The van der Waals surface area contributed by atoms with Gasteiger partial charge >= 0.3 is 6.18 Å². The minimum atomic E-state index is -4.37. The van der Waals surface area contributed by atoms with Crippen LogP contribution in [0.4, 0.5) is 13.2 Å². The van der Waals surface area contributed by atoms with Crippen LogP contribution in [0.3, 0.4) is 0 Å². The Balaban J connectivity index is 1.65. The summed E-state index contributed by atoms with van der Waals surface area (Å²) in [6.07, 6.45) is -3.04. The van der Waals surface area contributed by atoms with Gasteiger partial charge < -0.3 is 19.5 Å². The molecule has 1 N–H and O–H groups in total. The highest BCUT2D eigenvalue weighted by atomic mass is 28.3. The summed E-state index contributed by atoms with van der Waals surface area (Å²) >= 11 is 0. The highest BCUT2D eigenvalue weighted by Crippen LogP contribution is 2.34. The lowest BCUT2D eigenvalue weighted by atomic mass is 9.87. The van der Waals surface area contributed by atoms with Crippen molar-refractivity contribution in [2.75, 3.05) is 26.5 Å². The summed E-state index contributed by atoms with van der Waals surface area (Å²) in [5, 5.41) is 3.39. The monoisotopic (exact) mass is 495 g/mol. The molecule has 8 heteroatoms. The molecule has 4 nitrogen and oxygen atoms in total. The van der Waals surface area contributed by atoms with Crippen LogP contribution in [0.5, 0.6) is 5.75 Å². The lowest BCUT2D eigenvalue weighted by molar-refractivity contribution is -0.137. The summed E-state index contributed by atoms with van der Waals surface area (Å²) in [5.74, 6) is 0.657. The molecule has 1 aliphatic heterocycles. The quantitative estimate of drug-likeness (QED) is 0.219. The van der Waals surface area contributed by atoms with Crippen molar-refractivity contribution in [3.63, 3.8) is 0 Å². The zero-order valence-electron chi connectivity index (χ0n) is 20.2. The van der Waals surface area contributed by atoms with Crippen LogP contribution in [0, 0.1) is 5.92 Å². The second-order valence-electron chi connectivity index (χ2n) is 10.1. The molecule has 0 amide bonds. The van der Waals surface area contributed by atoms with Crippen LogP contribution in [0.15, 0.2) is 54.6 Å². The summed E-state index contributed by atoms with van der Waals surface area (Å²) in [6, 6.07) is 15.8. The Kier molecular flexibility index (Phi) is 9.59. The van der Waals surface area contributed by atoms with E-state index in [9.17, 15) is 13.2 Å². The summed E-state index contributed by atoms with van der Waals surface area (Å²) in [6.45, 7) is 9.57. The fraction of sp³-hybridized carbons (Fsp3) is 0.538. The van der Waals surface area contributed by atoms with Crippen molar-refractivity contribution < 1.29 is 27.4 Å². The standard InChI is InChI=1S/C26H36F3NO3Si/c1-34(2,3)16-15-31-19-32-25-18-30-14-13-21(25)17-24(20-7-5-4-6-8-20)33-23-11-9-22(10-12-23)26(27,28)29/h4-12,21,24-25,30H,13-19H2,1-3H3. The highest BCUT2D eigenvalue weighted by Gasteiger charge is 2.32. The Morgan fingerprint density at radius 3 is 2.38 bits per heavy atom. The summed E-state index contributed by atoms with van der Waals surface area (Å²) < 4.78 is 56.9. The van der Waals surface area contributed by atoms with Gasteiger partial charge in [0.2, 0.25) is 0 Å². The molecule has 2 aromatic carbocycles. The van der Waals surface area contributed by atoms with Gasteiger partial charge in [0.1, 0.15) is 18.6 Å². The number of halogens is 3. The van der Waals surface area contributed by atoms with Crippen molar-refractivity contribution >= 4 is 8.07 Å². The Morgan fingerprint density at radius 1 is 1.03 bits per heavy atom. The molecule has 0 aromatic heterocycles. The second kappa shape index (κ2) is 12.2. The molecule has 0 aliphatic carbocycles. The van der Waals surface area contributed by atoms with E-state index in [1.165, 1.54) is 12.1 Å². The SMILES string of the molecule is C[Si](C)(C)CCOCOC1CNCCC1CC(Oc1ccc(C(F)(F)F)cc1)c1ccccc1. The van der Waals surface area contributed by atoms with E-state index in [1.54, 1.807) is 0 Å². The highest BCUT2D eigenvalue weighted by molar-refractivity contribution is 6.76. The molecule has 0 spiro atoms. The van der Waals surface area contributed by atoms with E-state index >= 15 is 0 Å². The number of ether oxygens (including phenoxy) is 3. The molecule has 3 atom stereocenters. The van der Waals surface area contributed by atoms with E-state index in [0.29, 0.717) is 18.8 Å². The first-order chi connectivity index (χ1) is 16.1. The maximum Gasteiger partial charge on any atom is 0.416 e. The minimum Gasteiger partial charge on any atom is -0.486 e. The Morgan fingerprint density at radius 2 is 1.74 bits per heavy atom. The molecule has 1 saturated heterocycles. The zero-order chi connectivity index (χ0) is 24.6. The molecule has 1 heterocycles. The largest absolute Gasteiger partial charge is 0.486 e. The number of hydrogen-bond donors (Lipinski definition) is 1. The first-order valence-corrected chi connectivity index (χ1v) is 15.6. The van der Waals surface area contributed by atoms with Crippen molar-refractivity contribution in [1.82, 2.24) is 5.32 Å². The Labute approximate surface area is 201 Å². The van der Waals surface area contributed by atoms with Gasteiger partial charge in [-0.05, 0) is 61.2 Å². The zero-order valence-corrected chi connectivity index (χ0v) is 21.2. The van der Waals surface area contributed by atoms with Crippen LogP contribution >= 0.6 is 0 Å². The smallest absolute Gasteiger partial charge is 0.416 e. The van der Waals surface area contributed by atoms with E-state index in [2.05, 4.69) is 25.0 Å². The van der Waals surface area contributed by atoms with Gasteiger partial charge in [-0.3, -0.25) is 0 Å². The molecular formula is C26H36F3NO3Si. The first kappa shape index (κ1) is 26.7. The third-order valence-corrected chi connectivity index (χ3v) is 7.78. The molecule has 3 rings (SSSR count). The summed E-state index contributed by atoms with van der Waals surface area (Å²) in [5.41, 5.74) is 0.308. The maximum absolute atomic E-state index is 12.9. The maximum atomic E-state index is 12.9. The number of alkyl halides is 3. The Hall–Kier alpha value is -1.87. The number of hydrogen-bond acceptors (Lipinski definition) is 4. The van der Waals surface area contributed by atoms with Gasteiger partial charge in [-0.2, -0.15) is 13.2 Å². The predicted molar refractivity (Wildman–Crippen MR) is 131 cm³/mol. The van der Waals surface area contributed by atoms with Crippen LogP contribution < -0.4 is 10.1 Å². The lowest BCUT2D eigenvalue weighted by Gasteiger charge is -2.34. The molecule has 0 bridgehead atoms. The molecule has 34 heavy (non-hydrogen) atoms. The minimum absolute atomic E-state index is 0.0111. The fourth-order valence-corrected chi connectivity index (χ4v) is 4.76. The van der Waals surface area contributed by atoms with Crippen molar-refractivity contribution in [3.05, 3.63) is 65.7 Å². The van der Waals surface area contributed by atoms with Crippen molar-refractivity contribution in [1.29, 1.82) is 0 Å². The van der Waals surface area contributed by atoms with Gasteiger partial charge in [0, 0.05) is 21.2 Å². The number of piperidine rings is 1. The van der Waals surface area contributed by atoms with Gasteiger partial charge in [-0.1, -0.05) is 50.0 Å². The van der Waals surface area contributed by atoms with Gasteiger partial charge in [-0.15, -0.1) is 0 Å². The summed E-state index contributed by atoms with van der Waals surface area (Å²) in [4.78, 5) is 0. The van der Waals surface area contributed by atoms with Crippen molar-refractivity contribution in [2.45, 2.75) is 56.9 Å². The summed E-state index contributed by atoms with van der Waals surface area (Å²) in [7, 11) is -1.14. The average molecular weight is 496 g/mol. The third-order valence-electron chi connectivity index (χ3n) is 6.07. The van der Waals surface area contributed by atoms with E-state index in [0.717, 1.165) is 43.3 Å². The van der Waals surface area contributed by atoms with E-state index in [4.69, 9.17) is 14.2 Å². The van der Waals surface area contributed by atoms with Gasteiger partial charge in [0.05, 0.1) is 11.7 Å². The van der Waals surface area contributed by atoms with Crippen molar-refractivity contribution in [2.24, 2.45) is 5.92 Å². The van der Waals surface area contributed by atoms with Gasteiger partial charge in [0.25, 0.3) is 0 Å². The second-order valence-corrected chi connectivity index (χ2v) is 15.7. The normalized spacial score (nSPS) is 20.2. The number of nitrogens with one attached hydrogen (secondary N) is 1. The van der Waals surface area contributed by atoms with Gasteiger partial charge in [-0.25, -0.2) is 0 Å². The molecule has 3 unspecified atom stereocenters. The molecular weight excluding hydrogens is 459 g/mol. The molecule has 2 aromatic rings. The predicted octanol–water partition coefficient (Wildman–Crippen LogP) is 6.52. The molecule has 0 radical (unpaired) electrons. The topological polar surface area (TPSA) is 39.7 Å². The van der Waals surface area contributed by atoms with Gasteiger partial charge in [0.15, 0.2) is 0 Å². The van der Waals surface area contributed by atoms with E-state index in [-0.39, 0.29) is 24.9 Å². The average Bonchev–Trinajstić information content (AvgIpc) is 2.79.